The largest absolute Gasteiger partial charge is 0.348 e. The highest BCUT2D eigenvalue weighted by molar-refractivity contribution is 5.94. The van der Waals surface area contributed by atoms with Gasteiger partial charge in [-0.25, -0.2) is 0 Å². The Kier molecular flexibility index (Phi) is 3.56. The molecule has 7 nitrogen and oxygen atoms in total. The zero-order valence-electron chi connectivity index (χ0n) is 10.2. The third kappa shape index (κ3) is 2.95. The van der Waals surface area contributed by atoms with Crippen molar-refractivity contribution in [3.05, 3.63) is 57.4 Å². The third-order valence-corrected chi connectivity index (χ3v) is 2.68. The second-order valence-corrected chi connectivity index (χ2v) is 4.05. The zero-order valence-corrected chi connectivity index (χ0v) is 10.2. The Morgan fingerprint density at radius 3 is 2.95 bits per heavy atom. The highest BCUT2D eigenvalue weighted by atomic mass is 16.6. The number of carbonyl (C=O) groups is 1. The molecule has 0 aliphatic rings. The lowest BCUT2D eigenvalue weighted by Crippen LogP contribution is -2.22. The number of aryl methyl sites for hydroxylation is 1. The van der Waals surface area contributed by atoms with Gasteiger partial charge in [0.1, 0.15) is 0 Å². The van der Waals surface area contributed by atoms with Crippen LogP contribution in [-0.4, -0.2) is 21.0 Å². The van der Waals surface area contributed by atoms with Crippen molar-refractivity contribution in [2.24, 2.45) is 0 Å². The number of aromatic amines is 1. The summed E-state index contributed by atoms with van der Waals surface area (Å²) in [5.74, 6) is -0.357. The van der Waals surface area contributed by atoms with Crippen LogP contribution in [0, 0.1) is 17.0 Å². The van der Waals surface area contributed by atoms with E-state index in [0.29, 0.717) is 12.1 Å². The van der Waals surface area contributed by atoms with Crippen molar-refractivity contribution < 1.29 is 9.72 Å². The van der Waals surface area contributed by atoms with Crippen LogP contribution in [0.4, 0.5) is 5.69 Å². The zero-order chi connectivity index (χ0) is 13.8. The molecule has 1 heterocycles. The predicted octanol–water partition coefficient (Wildman–Crippen LogP) is 1.56. The molecule has 0 saturated heterocycles. The molecule has 0 saturated carbocycles. The van der Waals surface area contributed by atoms with E-state index >= 15 is 0 Å². The molecule has 19 heavy (non-hydrogen) atoms. The van der Waals surface area contributed by atoms with Gasteiger partial charge in [0.2, 0.25) is 0 Å². The van der Waals surface area contributed by atoms with Crippen LogP contribution in [0.15, 0.2) is 30.6 Å². The summed E-state index contributed by atoms with van der Waals surface area (Å²) in [6, 6.07) is 4.40. The molecule has 1 aromatic heterocycles. The van der Waals surface area contributed by atoms with Crippen molar-refractivity contribution in [1.29, 1.82) is 0 Å². The number of aromatic nitrogens is 2. The van der Waals surface area contributed by atoms with Gasteiger partial charge in [0.25, 0.3) is 11.6 Å². The van der Waals surface area contributed by atoms with Crippen LogP contribution in [0.3, 0.4) is 0 Å². The molecule has 0 spiro atoms. The summed E-state index contributed by atoms with van der Waals surface area (Å²) in [5.41, 5.74) is 1.56. The molecular formula is C12H12N4O3. The molecule has 0 fully saturated rings. The van der Waals surface area contributed by atoms with Crippen molar-refractivity contribution in [3.63, 3.8) is 0 Å². The van der Waals surface area contributed by atoms with Crippen molar-refractivity contribution in [1.82, 2.24) is 15.5 Å². The molecule has 98 valence electrons. The summed E-state index contributed by atoms with van der Waals surface area (Å²) in [6.45, 7) is 1.95. The maximum absolute atomic E-state index is 11.9. The second-order valence-electron chi connectivity index (χ2n) is 4.05. The number of nitrogens with zero attached hydrogens (tertiary/aromatic N) is 2. The Bertz CT molecular complexity index is 607. The van der Waals surface area contributed by atoms with Crippen LogP contribution in [0.1, 0.15) is 21.5 Å². The molecule has 2 rings (SSSR count). The lowest BCUT2D eigenvalue weighted by molar-refractivity contribution is -0.385. The van der Waals surface area contributed by atoms with Crippen LogP contribution in [0.25, 0.3) is 0 Å². The Morgan fingerprint density at radius 1 is 1.53 bits per heavy atom. The third-order valence-electron chi connectivity index (χ3n) is 2.68. The van der Waals surface area contributed by atoms with Gasteiger partial charge in [-0.1, -0.05) is 6.07 Å². The van der Waals surface area contributed by atoms with Crippen molar-refractivity contribution in [2.75, 3.05) is 0 Å². The molecule has 0 unspecified atom stereocenters. The molecular weight excluding hydrogens is 248 g/mol. The number of hydrogen-bond acceptors (Lipinski definition) is 4. The van der Waals surface area contributed by atoms with Gasteiger partial charge in [-0.2, -0.15) is 5.10 Å². The number of nitrogens with one attached hydrogen (secondary N) is 2. The molecule has 1 aromatic carbocycles. The highest BCUT2D eigenvalue weighted by Crippen LogP contribution is 2.19. The second kappa shape index (κ2) is 5.30. The fourth-order valence-corrected chi connectivity index (χ4v) is 1.61. The van der Waals surface area contributed by atoms with Crippen molar-refractivity contribution >= 4 is 11.6 Å². The molecule has 2 aromatic rings. The molecule has 0 aliphatic carbocycles. The van der Waals surface area contributed by atoms with E-state index < -0.39 is 4.92 Å². The predicted molar refractivity (Wildman–Crippen MR) is 67.6 cm³/mol. The van der Waals surface area contributed by atoms with Gasteiger partial charge in [0.05, 0.1) is 11.1 Å². The van der Waals surface area contributed by atoms with Gasteiger partial charge in [-0.3, -0.25) is 20.0 Å². The molecule has 0 radical (unpaired) electrons. The fraction of sp³-hybridized carbons (Fsp3) is 0.167. The number of rotatable bonds is 4. The van der Waals surface area contributed by atoms with Gasteiger partial charge in [-0.15, -0.1) is 0 Å². The number of hydrogen-bond donors (Lipinski definition) is 2. The van der Waals surface area contributed by atoms with Crippen LogP contribution in [0.2, 0.25) is 0 Å². The first-order chi connectivity index (χ1) is 9.08. The minimum absolute atomic E-state index is 0.0593. The molecule has 0 aliphatic heterocycles. The first kappa shape index (κ1) is 12.7. The first-order valence-corrected chi connectivity index (χ1v) is 5.59. The Hall–Kier alpha value is -2.70. The molecule has 1 amide bonds. The van der Waals surface area contributed by atoms with Gasteiger partial charge in [0, 0.05) is 35.5 Å². The van der Waals surface area contributed by atoms with E-state index in [0.717, 1.165) is 5.56 Å². The summed E-state index contributed by atoms with van der Waals surface area (Å²) in [4.78, 5) is 22.2. The quantitative estimate of drug-likeness (QED) is 0.643. The van der Waals surface area contributed by atoms with Gasteiger partial charge in [-0.05, 0) is 13.0 Å². The summed E-state index contributed by atoms with van der Waals surface area (Å²) in [7, 11) is 0. The number of benzene rings is 1. The summed E-state index contributed by atoms with van der Waals surface area (Å²) in [6.07, 6.45) is 3.26. The van der Waals surface area contributed by atoms with E-state index in [1.165, 1.54) is 6.07 Å². The maximum atomic E-state index is 11.9. The summed E-state index contributed by atoms with van der Waals surface area (Å²) in [5, 5.41) is 19.9. The van der Waals surface area contributed by atoms with Gasteiger partial charge in [0.15, 0.2) is 0 Å². The summed E-state index contributed by atoms with van der Waals surface area (Å²) >= 11 is 0. The summed E-state index contributed by atoms with van der Waals surface area (Å²) < 4.78 is 0. The first-order valence-electron chi connectivity index (χ1n) is 5.59. The minimum atomic E-state index is -0.498. The Labute approximate surface area is 108 Å². The smallest absolute Gasteiger partial charge is 0.273 e. The van der Waals surface area contributed by atoms with Crippen LogP contribution in [-0.2, 0) is 6.54 Å². The lowest BCUT2D eigenvalue weighted by Gasteiger charge is -2.04. The average Bonchev–Trinajstić information content (AvgIpc) is 2.89. The highest BCUT2D eigenvalue weighted by Gasteiger charge is 2.14. The number of nitro benzene ring substituents is 1. The maximum Gasteiger partial charge on any atom is 0.273 e. The SMILES string of the molecule is Cc1ccc(C(=O)NCc2cn[nH]c2)cc1[N+](=O)[O-]. The van der Waals surface area contributed by atoms with Crippen LogP contribution >= 0.6 is 0 Å². The molecule has 0 bridgehead atoms. The molecule has 2 N–H and O–H groups in total. The number of amides is 1. The number of H-pyrrole nitrogens is 1. The normalized spacial score (nSPS) is 10.2. The lowest BCUT2D eigenvalue weighted by atomic mass is 10.1. The van der Waals surface area contributed by atoms with E-state index in [4.69, 9.17) is 0 Å². The van der Waals surface area contributed by atoms with E-state index in [1.54, 1.807) is 31.5 Å². The number of nitro groups is 1. The van der Waals surface area contributed by atoms with E-state index in [9.17, 15) is 14.9 Å². The van der Waals surface area contributed by atoms with Crippen molar-refractivity contribution in [3.8, 4) is 0 Å². The van der Waals surface area contributed by atoms with E-state index in [-0.39, 0.29) is 17.2 Å². The Morgan fingerprint density at radius 2 is 2.32 bits per heavy atom. The minimum Gasteiger partial charge on any atom is -0.348 e. The fourth-order valence-electron chi connectivity index (χ4n) is 1.61. The van der Waals surface area contributed by atoms with E-state index in [2.05, 4.69) is 15.5 Å². The average molecular weight is 260 g/mol. The van der Waals surface area contributed by atoms with Crippen LogP contribution in [0.5, 0.6) is 0 Å². The van der Waals surface area contributed by atoms with Crippen LogP contribution < -0.4 is 5.32 Å². The molecule has 7 heteroatoms. The van der Waals surface area contributed by atoms with Gasteiger partial charge >= 0.3 is 0 Å². The topological polar surface area (TPSA) is 101 Å². The molecule has 0 atom stereocenters. The Balaban J connectivity index is 2.11. The van der Waals surface area contributed by atoms with Crippen molar-refractivity contribution in [2.45, 2.75) is 13.5 Å². The van der Waals surface area contributed by atoms with E-state index in [1.807, 2.05) is 0 Å². The standard InChI is InChI=1S/C12H12N4O3/c1-8-2-3-10(4-11(8)16(18)19)12(17)13-5-9-6-14-15-7-9/h2-4,6-7H,5H2,1H3,(H,13,17)(H,14,15). The van der Waals surface area contributed by atoms with Gasteiger partial charge < -0.3 is 5.32 Å². The number of carbonyl (C=O) groups excluding carboxylic acids is 1. The monoisotopic (exact) mass is 260 g/mol.